The predicted molar refractivity (Wildman–Crippen MR) is 171 cm³/mol. The van der Waals surface area contributed by atoms with Crippen LogP contribution in [0.4, 0.5) is 0 Å². The van der Waals surface area contributed by atoms with Gasteiger partial charge in [0.25, 0.3) is 0 Å². The molecule has 0 aliphatic rings. The Hall–Kier alpha value is -2.18. The van der Waals surface area contributed by atoms with Crippen LogP contribution in [0.2, 0.25) is 0 Å². The Balaban J connectivity index is 0.000000171. The maximum atomic E-state index is 4.93. The van der Waals surface area contributed by atoms with Gasteiger partial charge in [0.1, 0.15) is 0 Å². The molecule has 0 amide bonds. The Labute approximate surface area is 252 Å². The minimum Gasteiger partial charge on any atom is -0.168 e. The van der Waals surface area contributed by atoms with Gasteiger partial charge in [0, 0.05) is 0 Å². The van der Waals surface area contributed by atoms with Gasteiger partial charge in [0.15, 0.2) is 0 Å². The van der Waals surface area contributed by atoms with Gasteiger partial charge in [-0.1, -0.05) is 119 Å². The van der Waals surface area contributed by atoms with Gasteiger partial charge in [-0.3, -0.25) is 0 Å². The Morgan fingerprint density at radius 1 is 0.564 bits per heavy atom. The number of hydrogen-bond donors (Lipinski definition) is 0. The molecule has 0 N–H and O–H groups in total. The third-order valence-electron chi connectivity index (χ3n) is 7.20. The minimum atomic E-state index is -0.826. The molecule has 0 atom stereocenters. The molecule has 0 saturated heterocycles. The van der Waals surface area contributed by atoms with Gasteiger partial charge in [0.2, 0.25) is 0 Å². The van der Waals surface area contributed by atoms with Crippen molar-refractivity contribution in [1.29, 1.82) is 0 Å². The maximum Gasteiger partial charge on any atom is -0.0279 e. The Kier molecular flexibility index (Phi) is 9.59. The van der Waals surface area contributed by atoms with Crippen molar-refractivity contribution in [2.45, 2.75) is 52.4 Å². The number of benzene rings is 4. The van der Waals surface area contributed by atoms with Crippen molar-refractivity contribution in [3.05, 3.63) is 120 Å². The molecule has 198 valence electrons. The maximum absolute atomic E-state index is 4.93. The Morgan fingerprint density at radius 3 is 1.62 bits per heavy atom. The zero-order chi connectivity index (χ0) is 28.2. The number of fused-ring (bicyclic) bond motifs is 4. The third-order valence-corrected chi connectivity index (χ3v) is 7.20. The van der Waals surface area contributed by atoms with E-state index in [2.05, 4.69) is 151 Å². The molecule has 0 aliphatic carbocycles. The zero-order valence-electron chi connectivity index (χ0n) is 23.6. The molecule has 0 bridgehead atoms. The predicted octanol–water partition coefficient (Wildman–Crippen LogP) is 11.9. The van der Waals surface area contributed by atoms with Crippen LogP contribution < -0.4 is 0 Å². The molecule has 0 nitrogen and oxygen atoms in total. The van der Waals surface area contributed by atoms with Gasteiger partial charge in [-0.15, -0.1) is 68.7 Å². The van der Waals surface area contributed by atoms with Crippen molar-refractivity contribution in [3.63, 3.8) is 0 Å². The first-order valence-electron chi connectivity index (χ1n) is 13.3. The summed E-state index contributed by atoms with van der Waals surface area (Å²) < 4.78 is 0. The first kappa shape index (κ1) is 29.8. The van der Waals surface area contributed by atoms with E-state index in [0.717, 1.165) is 0 Å². The smallest absolute Gasteiger partial charge is 0.0279 e. The van der Waals surface area contributed by atoms with Gasteiger partial charge in [-0.2, -0.15) is 12.1 Å². The molecule has 0 aliphatic heterocycles. The average molecular weight is 631 g/mol. The third kappa shape index (κ3) is 7.13. The zero-order valence-corrected chi connectivity index (χ0v) is 27.6. The second-order valence-electron chi connectivity index (χ2n) is 12.0. The molecule has 6 aromatic rings. The summed E-state index contributed by atoms with van der Waals surface area (Å²) in [6, 6.07) is 39.6. The van der Waals surface area contributed by atoms with E-state index in [0.29, 0.717) is 0 Å². The van der Waals surface area contributed by atoms with E-state index in [4.69, 9.17) is 17.0 Å². The van der Waals surface area contributed by atoms with Crippen LogP contribution in [0.1, 0.15) is 52.7 Å². The molecule has 39 heavy (non-hydrogen) atoms. The monoisotopic (exact) mass is 628 g/mol. The van der Waals surface area contributed by atoms with Crippen LogP contribution in [0.3, 0.4) is 0 Å². The molecule has 3 heteroatoms. The number of halogens is 2. The second kappa shape index (κ2) is 12.6. The average Bonchev–Trinajstić information content (AvgIpc) is 3.53. The fourth-order valence-electron chi connectivity index (χ4n) is 4.99. The molecular formula is C36H36Cl2Zr. The normalized spacial score (nSPS) is 11.5. The molecule has 0 unspecified atom stereocenters. The molecule has 0 radical (unpaired) electrons. The van der Waals surface area contributed by atoms with Crippen LogP contribution in [-0.2, 0) is 31.7 Å². The molecule has 0 heterocycles. The van der Waals surface area contributed by atoms with Crippen LogP contribution >= 0.6 is 17.0 Å². The van der Waals surface area contributed by atoms with Crippen LogP contribution in [0.25, 0.3) is 43.4 Å². The topological polar surface area (TPSA) is 0 Å². The molecule has 0 spiro atoms. The van der Waals surface area contributed by atoms with E-state index >= 15 is 0 Å². The van der Waals surface area contributed by atoms with Crippen LogP contribution in [0.15, 0.2) is 109 Å². The van der Waals surface area contributed by atoms with E-state index < -0.39 is 20.8 Å². The van der Waals surface area contributed by atoms with E-state index in [1.165, 1.54) is 54.6 Å². The first-order chi connectivity index (χ1) is 18.5. The van der Waals surface area contributed by atoms with Crippen molar-refractivity contribution < 1.29 is 20.8 Å². The largest absolute Gasteiger partial charge is 0.168 e. The number of rotatable bonds is 1. The summed E-state index contributed by atoms with van der Waals surface area (Å²) in [7, 11) is 9.87. The van der Waals surface area contributed by atoms with Crippen LogP contribution in [-0.4, -0.2) is 0 Å². The van der Waals surface area contributed by atoms with E-state index in [1.54, 1.807) is 0 Å². The SMILES string of the molecule is CC(C)(C)c1ccc2c(c1)[cH-]c1cc(C(C)(C)C)ccc12.[Cl][Zr+2][Cl].c1ccc(-c2cccc3[cH-]ccc23)cc1. The van der Waals surface area contributed by atoms with Gasteiger partial charge >= 0.3 is 37.9 Å². The van der Waals surface area contributed by atoms with Crippen LogP contribution in [0.5, 0.6) is 0 Å². The molecule has 0 aromatic heterocycles. The van der Waals surface area contributed by atoms with Crippen molar-refractivity contribution in [3.8, 4) is 11.1 Å². The van der Waals surface area contributed by atoms with Gasteiger partial charge in [-0.25, -0.2) is 0 Å². The van der Waals surface area contributed by atoms with Crippen LogP contribution in [0, 0.1) is 0 Å². The molecule has 6 rings (SSSR count). The Bertz CT molecular complexity index is 1590. The fraction of sp³-hybridized carbons (Fsp3) is 0.222. The molecule has 0 saturated carbocycles. The van der Waals surface area contributed by atoms with Crippen molar-refractivity contribution in [2.24, 2.45) is 0 Å². The van der Waals surface area contributed by atoms with Crippen molar-refractivity contribution in [1.82, 2.24) is 0 Å². The standard InChI is InChI=1S/C21H25.C15H11.2ClH.Zr/c1-20(2,3)16-7-9-18-14(12-16)11-15-13-17(21(4,5)6)8-10-19(15)18;1-2-6-12(7-3-1)14-10-4-8-13-9-5-11-15(13)14;;;/h7-13H,1-6H3;1-11H;2*1H;/q2*-1;;;+4/p-2. The van der Waals surface area contributed by atoms with E-state index in [1.807, 2.05) is 0 Å². The molecule has 6 aromatic carbocycles. The van der Waals surface area contributed by atoms with E-state index in [9.17, 15) is 0 Å². The number of hydrogen-bond acceptors (Lipinski definition) is 0. The summed E-state index contributed by atoms with van der Waals surface area (Å²) in [5.74, 6) is 0. The summed E-state index contributed by atoms with van der Waals surface area (Å²) >= 11 is -0.826. The first-order valence-corrected chi connectivity index (χ1v) is 19.7. The van der Waals surface area contributed by atoms with E-state index in [-0.39, 0.29) is 10.8 Å². The summed E-state index contributed by atoms with van der Waals surface area (Å²) in [4.78, 5) is 0. The quantitative estimate of drug-likeness (QED) is 0.159. The molecular weight excluding hydrogens is 595 g/mol. The van der Waals surface area contributed by atoms with Gasteiger partial charge < -0.3 is 0 Å². The van der Waals surface area contributed by atoms with Gasteiger partial charge in [-0.05, 0) is 16.4 Å². The van der Waals surface area contributed by atoms with Crippen molar-refractivity contribution in [2.75, 3.05) is 0 Å². The summed E-state index contributed by atoms with van der Waals surface area (Å²) in [5.41, 5.74) is 5.82. The van der Waals surface area contributed by atoms with Gasteiger partial charge in [0.05, 0.1) is 0 Å². The van der Waals surface area contributed by atoms with Crippen molar-refractivity contribution >= 4 is 49.3 Å². The fourth-order valence-corrected chi connectivity index (χ4v) is 4.99. The molecule has 0 fully saturated rings. The Morgan fingerprint density at radius 2 is 1.10 bits per heavy atom. The summed E-state index contributed by atoms with van der Waals surface area (Å²) in [6.07, 6.45) is 0. The second-order valence-corrected chi connectivity index (χ2v) is 15.8. The minimum absolute atomic E-state index is 0.203. The summed E-state index contributed by atoms with van der Waals surface area (Å²) in [5, 5.41) is 8.13. The summed E-state index contributed by atoms with van der Waals surface area (Å²) in [6.45, 7) is 13.6.